The highest BCUT2D eigenvalue weighted by Gasteiger charge is 2.34. The quantitative estimate of drug-likeness (QED) is 0.652. The molecule has 0 atom stereocenters. The van der Waals surface area contributed by atoms with Gasteiger partial charge in [-0.2, -0.15) is 13.2 Å². The van der Waals surface area contributed by atoms with Gasteiger partial charge in [0, 0.05) is 12.7 Å². The molecule has 2 heterocycles. The third-order valence-corrected chi connectivity index (χ3v) is 5.41. The second-order valence-corrected chi connectivity index (χ2v) is 8.14. The number of imidazole rings is 1. The summed E-state index contributed by atoms with van der Waals surface area (Å²) in [7, 11) is -3.93. The summed E-state index contributed by atoms with van der Waals surface area (Å²) >= 11 is 0. The summed E-state index contributed by atoms with van der Waals surface area (Å²) < 4.78 is 65.0. The van der Waals surface area contributed by atoms with Gasteiger partial charge in [0.25, 0.3) is 5.56 Å². The number of sulfonamides is 1. The zero-order chi connectivity index (χ0) is 21.4. The Morgan fingerprint density at radius 1 is 1.21 bits per heavy atom. The molecule has 0 amide bonds. The number of alkyl halides is 3. The molecule has 156 valence electrons. The second-order valence-electron chi connectivity index (χ2n) is 6.58. The topological polar surface area (TPSA) is 100.0 Å². The van der Waals surface area contributed by atoms with E-state index < -0.39 is 27.3 Å². The van der Waals surface area contributed by atoms with Crippen molar-refractivity contribution in [1.29, 1.82) is 0 Å². The Morgan fingerprint density at radius 2 is 1.93 bits per heavy atom. The molecular formula is C18H19F3N4O3S. The number of aryl methyl sites for hydroxylation is 1. The SMILES string of the molecule is CCCCn1c(Cn2cccc(C(F)(F)F)c2=O)nc2cc(S(N)(=O)=O)ccc21. The molecule has 0 aliphatic heterocycles. The first-order valence-corrected chi connectivity index (χ1v) is 10.4. The lowest BCUT2D eigenvalue weighted by molar-refractivity contribution is -0.138. The Balaban J connectivity index is 2.12. The van der Waals surface area contributed by atoms with Crippen molar-refractivity contribution >= 4 is 21.1 Å². The Bertz CT molecular complexity index is 1210. The predicted octanol–water partition coefficient (Wildman–Crippen LogP) is 2.71. The van der Waals surface area contributed by atoms with Crippen LogP contribution in [0.4, 0.5) is 13.2 Å². The number of nitrogens with two attached hydrogens (primary N) is 1. The van der Waals surface area contributed by atoms with Gasteiger partial charge >= 0.3 is 6.18 Å². The van der Waals surface area contributed by atoms with E-state index in [-0.39, 0.29) is 11.4 Å². The molecule has 2 N–H and O–H groups in total. The van der Waals surface area contributed by atoms with Crippen molar-refractivity contribution < 1.29 is 21.6 Å². The number of aromatic nitrogens is 3. The number of fused-ring (bicyclic) bond motifs is 1. The molecule has 0 aliphatic carbocycles. The van der Waals surface area contributed by atoms with E-state index in [1.165, 1.54) is 18.3 Å². The number of rotatable bonds is 6. The molecule has 11 heteroatoms. The molecule has 0 spiro atoms. The van der Waals surface area contributed by atoms with Crippen LogP contribution < -0.4 is 10.7 Å². The lowest BCUT2D eigenvalue weighted by Gasteiger charge is -2.12. The zero-order valence-corrected chi connectivity index (χ0v) is 16.3. The monoisotopic (exact) mass is 428 g/mol. The van der Waals surface area contributed by atoms with Crippen LogP contribution in [0.2, 0.25) is 0 Å². The summed E-state index contributed by atoms with van der Waals surface area (Å²) in [6.45, 7) is 2.31. The van der Waals surface area contributed by atoms with E-state index in [9.17, 15) is 26.4 Å². The van der Waals surface area contributed by atoms with E-state index >= 15 is 0 Å². The van der Waals surface area contributed by atoms with Crippen LogP contribution in [-0.2, 0) is 29.3 Å². The molecule has 2 aromatic heterocycles. The molecule has 3 aromatic rings. The zero-order valence-electron chi connectivity index (χ0n) is 15.5. The lowest BCUT2D eigenvalue weighted by atomic mass is 10.2. The van der Waals surface area contributed by atoms with Gasteiger partial charge in [-0.15, -0.1) is 0 Å². The van der Waals surface area contributed by atoms with Crippen LogP contribution in [0.1, 0.15) is 31.2 Å². The molecule has 0 unspecified atom stereocenters. The maximum atomic E-state index is 13.0. The average Bonchev–Trinajstić information content (AvgIpc) is 2.96. The van der Waals surface area contributed by atoms with Gasteiger partial charge in [0.05, 0.1) is 22.5 Å². The molecule has 0 fully saturated rings. The maximum absolute atomic E-state index is 13.0. The molecule has 0 saturated heterocycles. The first-order chi connectivity index (χ1) is 13.5. The summed E-state index contributed by atoms with van der Waals surface area (Å²) in [6, 6.07) is 6.10. The molecule has 3 rings (SSSR count). The predicted molar refractivity (Wildman–Crippen MR) is 101 cm³/mol. The number of primary sulfonamides is 1. The number of hydrogen-bond acceptors (Lipinski definition) is 4. The van der Waals surface area contributed by atoms with Crippen LogP contribution in [0.15, 0.2) is 46.2 Å². The van der Waals surface area contributed by atoms with E-state index in [4.69, 9.17) is 5.14 Å². The number of benzene rings is 1. The first-order valence-electron chi connectivity index (χ1n) is 8.81. The highest BCUT2D eigenvalue weighted by atomic mass is 32.2. The Hall–Kier alpha value is -2.66. The summed E-state index contributed by atoms with van der Waals surface area (Å²) in [4.78, 5) is 16.5. The molecule has 0 bridgehead atoms. The Kier molecular flexibility index (Phi) is 5.54. The van der Waals surface area contributed by atoms with Crippen molar-refractivity contribution in [2.75, 3.05) is 0 Å². The molecule has 1 aromatic carbocycles. The molecule has 0 saturated carbocycles. The standard InChI is InChI=1S/C18H19F3N4O3S/c1-2-3-9-25-15-7-6-12(29(22,27)28)10-14(15)23-16(25)11-24-8-4-5-13(17(24)26)18(19,20)21/h4-8,10H,2-3,9,11H2,1H3,(H2,22,27,28). The highest BCUT2D eigenvalue weighted by molar-refractivity contribution is 7.89. The lowest BCUT2D eigenvalue weighted by Crippen LogP contribution is -2.29. The van der Waals surface area contributed by atoms with Crippen LogP contribution >= 0.6 is 0 Å². The normalized spacial score (nSPS) is 12.6. The van der Waals surface area contributed by atoms with Crippen molar-refractivity contribution in [3.63, 3.8) is 0 Å². The van der Waals surface area contributed by atoms with Gasteiger partial charge < -0.3 is 9.13 Å². The van der Waals surface area contributed by atoms with Gasteiger partial charge in [-0.05, 0) is 36.8 Å². The summed E-state index contributed by atoms with van der Waals surface area (Å²) in [5, 5.41) is 5.16. The summed E-state index contributed by atoms with van der Waals surface area (Å²) in [5.41, 5.74) is -1.48. The Morgan fingerprint density at radius 3 is 2.55 bits per heavy atom. The summed E-state index contributed by atoms with van der Waals surface area (Å²) in [6.07, 6.45) is -1.87. The summed E-state index contributed by atoms with van der Waals surface area (Å²) in [5.74, 6) is 0.349. The molecule has 29 heavy (non-hydrogen) atoms. The van der Waals surface area contributed by atoms with Gasteiger partial charge in [0.1, 0.15) is 11.4 Å². The number of hydrogen-bond donors (Lipinski definition) is 1. The molecule has 0 radical (unpaired) electrons. The Labute approximate surface area is 164 Å². The number of halogens is 3. The molecule has 0 aliphatic rings. The van der Waals surface area contributed by atoms with Gasteiger partial charge in [-0.1, -0.05) is 13.3 Å². The highest BCUT2D eigenvalue weighted by Crippen LogP contribution is 2.26. The smallest absolute Gasteiger partial charge is 0.326 e. The maximum Gasteiger partial charge on any atom is 0.421 e. The van der Waals surface area contributed by atoms with E-state index in [1.54, 1.807) is 10.6 Å². The fraction of sp³-hybridized carbons (Fsp3) is 0.333. The van der Waals surface area contributed by atoms with Crippen LogP contribution in [0.25, 0.3) is 11.0 Å². The van der Waals surface area contributed by atoms with Crippen LogP contribution in [0.5, 0.6) is 0 Å². The second kappa shape index (κ2) is 7.64. The number of pyridine rings is 1. The van der Waals surface area contributed by atoms with Crippen molar-refractivity contribution in [2.24, 2.45) is 5.14 Å². The van der Waals surface area contributed by atoms with Crippen molar-refractivity contribution in [2.45, 2.75) is 43.9 Å². The minimum absolute atomic E-state index is 0.118. The first kappa shape index (κ1) is 21.1. The minimum Gasteiger partial charge on any atom is -0.326 e. The van der Waals surface area contributed by atoms with E-state index in [2.05, 4.69) is 4.98 Å². The fourth-order valence-electron chi connectivity index (χ4n) is 3.05. The van der Waals surface area contributed by atoms with Crippen molar-refractivity contribution in [3.05, 3.63) is 58.3 Å². The van der Waals surface area contributed by atoms with Gasteiger partial charge in [-0.25, -0.2) is 18.5 Å². The van der Waals surface area contributed by atoms with Crippen molar-refractivity contribution in [3.8, 4) is 0 Å². The molecule has 7 nitrogen and oxygen atoms in total. The van der Waals surface area contributed by atoms with Crippen molar-refractivity contribution in [1.82, 2.24) is 14.1 Å². The van der Waals surface area contributed by atoms with Crippen LogP contribution in [-0.4, -0.2) is 22.5 Å². The third-order valence-electron chi connectivity index (χ3n) is 4.50. The van der Waals surface area contributed by atoms with Gasteiger partial charge in [-0.3, -0.25) is 4.79 Å². The van der Waals surface area contributed by atoms with E-state index in [1.807, 2.05) is 6.92 Å². The van der Waals surface area contributed by atoms with E-state index in [0.717, 1.165) is 29.5 Å². The largest absolute Gasteiger partial charge is 0.421 e. The average molecular weight is 428 g/mol. The van der Waals surface area contributed by atoms with E-state index in [0.29, 0.717) is 23.4 Å². The molecular weight excluding hydrogens is 409 g/mol. The number of unbranched alkanes of at least 4 members (excludes halogenated alkanes) is 1. The third kappa shape index (κ3) is 4.35. The van der Waals surface area contributed by atoms with Gasteiger partial charge in [0.2, 0.25) is 10.0 Å². The van der Waals surface area contributed by atoms with Crippen LogP contribution in [0, 0.1) is 0 Å². The fourth-order valence-corrected chi connectivity index (χ4v) is 3.59. The minimum atomic E-state index is -4.76. The van der Waals surface area contributed by atoms with Crippen LogP contribution in [0.3, 0.4) is 0 Å². The number of nitrogens with zero attached hydrogens (tertiary/aromatic N) is 3. The van der Waals surface area contributed by atoms with Gasteiger partial charge in [0.15, 0.2) is 0 Å².